The number of aromatic nitrogens is 2. The van der Waals surface area contributed by atoms with Crippen LogP contribution in [0.15, 0.2) is 54.7 Å². The van der Waals surface area contributed by atoms with Gasteiger partial charge in [0.25, 0.3) is 5.91 Å². The van der Waals surface area contributed by atoms with Gasteiger partial charge in [0.2, 0.25) is 11.9 Å². The molecule has 0 atom stereocenters. The molecule has 9 heteroatoms. The fourth-order valence-electron chi connectivity index (χ4n) is 2.70. The Balaban J connectivity index is 1.78. The summed E-state index contributed by atoms with van der Waals surface area (Å²) < 4.78 is 13.3. The minimum atomic E-state index is -0.639. The van der Waals surface area contributed by atoms with Gasteiger partial charge in [-0.25, -0.2) is 9.97 Å². The summed E-state index contributed by atoms with van der Waals surface area (Å²) in [6.07, 6.45) is 1.36. The maximum absolute atomic E-state index is 13.3. The molecule has 0 aliphatic heterocycles. The lowest BCUT2D eigenvalue weighted by molar-refractivity contribution is -0.116. The van der Waals surface area contributed by atoms with E-state index in [-0.39, 0.29) is 18.0 Å². The van der Waals surface area contributed by atoms with Crippen molar-refractivity contribution < 1.29 is 14.0 Å². The smallest absolute Gasteiger partial charge is 0.252 e. The molecular formula is C21H21FN6O2. The lowest BCUT2D eigenvalue weighted by Crippen LogP contribution is -2.22. The molecule has 0 radical (unpaired) electrons. The summed E-state index contributed by atoms with van der Waals surface area (Å²) in [5, 5.41) is 6.18. The molecule has 2 aromatic heterocycles. The number of primary amides is 1. The van der Waals surface area contributed by atoms with Crippen LogP contribution in [0.1, 0.15) is 23.0 Å². The predicted octanol–water partition coefficient (Wildman–Crippen LogP) is 3.05. The third kappa shape index (κ3) is 5.07. The number of halogens is 1. The van der Waals surface area contributed by atoms with Gasteiger partial charge >= 0.3 is 0 Å². The molecule has 2 amide bonds. The van der Waals surface area contributed by atoms with E-state index >= 15 is 0 Å². The summed E-state index contributed by atoms with van der Waals surface area (Å²) >= 11 is 0. The normalized spacial score (nSPS) is 10.4. The number of hydrogen-bond donors (Lipinski definition) is 3. The van der Waals surface area contributed by atoms with Crippen LogP contribution in [0.25, 0.3) is 0 Å². The Bertz CT molecular complexity index is 1070. The van der Waals surface area contributed by atoms with Crippen molar-refractivity contribution >= 4 is 34.7 Å². The Hall–Kier alpha value is -4.01. The van der Waals surface area contributed by atoms with Gasteiger partial charge < -0.3 is 21.3 Å². The second-order valence-corrected chi connectivity index (χ2v) is 6.53. The number of benzene rings is 1. The van der Waals surface area contributed by atoms with Crippen LogP contribution in [0.2, 0.25) is 0 Å². The molecule has 0 saturated heterocycles. The second-order valence-electron chi connectivity index (χ2n) is 6.53. The first-order chi connectivity index (χ1) is 14.3. The number of anilines is 4. The Labute approximate surface area is 172 Å². The molecule has 0 aliphatic rings. The van der Waals surface area contributed by atoms with Crippen molar-refractivity contribution in [2.75, 3.05) is 22.6 Å². The van der Waals surface area contributed by atoms with Crippen molar-refractivity contribution in [1.82, 2.24) is 9.97 Å². The van der Waals surface area contributed by atoms with Crippen molar-refractivity contribution in [3.63, 3.8) is 0 Å². The highest BCUT2D eigenvalue weighted by molar-refractivity contribution is 5.98. The second kappa shape index (κ2) is 8.99. The summed E-state index contributed by atoms with van der Waals surface area (Å²) in [7, 11) is 1.69. The highest BCUT2D eigenvalue weighted by atomic mass is 19.1. The topological polar surface area (TPSA) is 113 Å². The van der Waals surface area contributed by atoms with Crippen molar-refractivity contribution in [3.05, 3.63) is 71.9 Å². The van der Waals surface area contributed by atoms with Gasteiger partial charge in [-0.2, -0.15) is 4.39 Å². The fourth-order valence-corrected chi connectivity index (χ4v) is 2.70. The largest absolute Gasteiger partial charge is 0.379 e. The number of pyridine rings is 2. The maximum atomic E-state index is 13.3. The van der Waals surface area contributed by atoms with Crippen molar-refractivity contribution in [2.45, 2.75) is 13.5 Å². The summed E-state index contributed by atoms with van der Waals surface area (Å²) in [6, 6.07) is 13.3. The monoisotopic (exact) mass is 408 g/mol. The first kappa shape index (κ1) is 20.7. The van der Waals surface area contributed by atoms with Gasteiger partial charge in [-0.15, -0.1) is 0 Å². The van der Waals surface area contributed by atoms with Gasteiger partial charge in [0.15, 0.2) is 0 Å². The minimum absolute atomic E-state index is 0.0667. The maximum Gasteiger partial charge on any atom is 0.252 e. The van der Waals surface area contributed by atoms with Crippen LogP contribution in [0.5, 0.6) is 0 Å². The highest BCUT2D eigenvalue weighted by Gasteiger charge is 2.11. The molecule has 1 aromatic carbocycles. The zero-order chi connectivity index (χ0) is 21.7. The molecule has 0 saturated carbocycles. The molecule has 30 heavy (non-hydrogen) atoms. The molecule has 0 spiro atoms. The average molecular weight is 408 g/mol. The van der Waals surface area contributed by atoms with E-state index in [9.17, 15) is 14.0 Å². The predicted molar refractivity (Wildman–Crippen MR) is 113 cm³/mol. The Morgan fingerprint density at radius 3 is 2.53 bits per heavy atom. The van der Waals surface area contributed by atoms with Gasteiger partial charge in [0, 0.05) is 37.6 Å². The first-order valence-corrected chi connectivity index (χ1v) is 9.10. The molecule has 0 aliphatic carbocycles. The number of nitrogens with one attached hydrogen (secondary N) is 2. The fraction of sp³-hybridized carbons (Fsp3) is 0.143. The van der Waals surface area contributed by atoms with E-state index in [0.29, 0.717) is 17.2 Å². The van der Waals surface area contributed by atoms with Crippen LogP contribution >= 0.6 is 0 Å². The Kier molecular flexibility index (Phi) is 6.21. The molecule has 0 fully saturated rings. The lowest BCUT2D eigenvalue weighted by Gasteiger charge is -2.16. The van der Waals surface area contributed by atoms with E-state index < -0.39 is 11.9 Å². The van der Waals surface area contributed by atoms with Crippen LogP contribution in [0, 0.1) is 5.95 Å². The zero-order valence-electron chi connectivity index (χ0n) is 16.5. The molecule has 154 valence electrons. The number of hydrogen-bond acceptors (Lipinski definition) is 6. The van der Waals surface area contributed by atoms with Crippen LogP contribution in [-0.2, 0) is 11.3 Å². The lowest BCUT2D eigenvalue weighted by atomic mass is 10.2. The number of nitrogens with zero attached hydrogens (tertiary/aromatic N) is 3. The molecule has 0 bridgehead atoms. The van der Waals surface area contributed by atoms with E-state index in [1.807, 2.05) is 12.1 Å². The van der Waals surface area contributed by atoms with E-state index in [4.69, 9.17) is 5.73 Å². The molecule has 2 heterocycles. The number of rotatable bonds is 7. The highest BCUT2D eigenvalue weighted by Crippen LogP contribution is 2.24. The standard InChI is InChI=1S/C21H21FN6O2/c1-13(29)28(2)16-8-6-14(7-9-16)27-20-10-18(17(12-25-20)21(23)30)24-11-15-4-3-5-19(22)26-15/h3-10,12H,11H2,1-2H3,(H2,23,30)(H2,24,25,27). The molecule has 3 rings (SSSR count). The number of carbonyl (C=O) groups is 2. The number of nitrogens with two attached hydrogens (primary N) is 1. The summed E-state index contributed by atoms with van der Waals surface area (Å²) in [5.74, 6) is -0.814. The number of amides is 2. The van der Waals surface area contributed by atoms with E-state index in [1.165, 1.54) is 24.1 Å². The van der Waals surface area contributed by atoms with Crippen molar-refractivity contribution in [2.24, 2.45) is 5.73 Å². The van der Waals surface area contributed by atoms with Crippen molar-refractivity contribution in [1.29, 1.82) is 0 Å². The summed E-state index contributed by atoms with van der Waals surface area (Å²) in [5.41, 5.74) is 8.06. The molecule has 4 N–H and O–H groups in total. The average Bonchev–Trinajstić information content (AvgIpc) is 2.72. The summed E-state index contributed by atoms with van der Waals surface area (Å²) in [6.45, 7) is 1.69. The molecule has 3 aromatic rings. The van der Waals surface area contributed by atoms with E-state index in [2.05, 4.69) is 20.6 Å². The van der Waals surface area contributed by atoms with Crippen LogP contribution in [0.3, 0.4) is 0 Å². The third-order valence-corrected chi connectivity index (χ3v) is 4.40. The van der Waals surface area contributed by atoms with Gasteiger partial charge in [0.1, 0.15) is 5.82 Å². The van der Waals surface area contributed by atoms with E-state index in [1.54, 1.807) is 37.4 Å². The number of carbonyl (C=O) groups excluding carboxylic acids is 2. The molecule has 0 unspecified atom stereocenters. The van der Waals surface area contributed by atoms with Crippen molar-refractivity contribution in [3.8, 4) is 0 Å². The van der Waals surface area contributed by atoms with E-state index in [0.717, 1.165) is 11.4 Å². The quantitative estimate of drug-likeness (QED) is 0.518. The Morgan fingerprint density at radius 1 is 1.17 bits per heavy atom. The van der Waals surface area contributed by atoms with Crippen LogP contribution < -0.4 is 21.3 Å². The Morgan fingerprint density at radius 2 is 1.90 bits per heavy atom. The summed E-state index contributed by atoms with van der Waals surface area (Å²) in [4.78, 5) is 32.7. The molecule has 8 nitrogen and oxygen atoms in total. The molecular weight excluding hydrogens is 387 g/mol. The zero-order valence-corrected chi connectivity index (χ0v) is 16.5. The van der Waals surface area contributed by atoms with Gasteiger partial charge in [-0.05, 0) is 36.4 Å². The third-order valence-electron chi connectivity index (χ3n) is 4.40. The van der Waals surface area contributed by atoms with Crippen LogP contribution in [0.4, 0.5) is 27.3 Å². The van der Waals surface area contributed by atoms with Crippen LogP contribution in [-0.4, -0.2) is 28.8 Å². The SMILES string of the molecule is CC(=O)N(C)c1ccc(Nc2cc(NCc3cccc(F)n3)c(C(N)=O)cn2)cc1. The minimum Gasteiger partial charge on any atom is -0.379 e. The van der Waals surface area contributed by atoms with Gasteiger partial charge in [0.05, 0.1) is 23.5 Å². The first-order valence-electron chi connectivity index (χ1n) is 9.10. The van der Waals surface area contributed by atoms with Gasteiger partial charge in [-0.3, -0.25) is 9.59 Å². The van der Waals surface area contributed by atoms with Gasteiger partial charge in [-0.1, -0.05) is 6.07 Å².